The molecule has 0 rings (SSSR count). The molecule has 86 valence electrons. The SMILES string of the molecule is CC(C)C[Si](I)(CC(C)C)CC(C)C. The van der Waals surface area contributed by atoms with Gasteiger partial charge in [0.25, 0.3) is 0 Å². The lowest BCUT2D eigenvalue weighted by Crippen LogP contribution is -2.31. The van der Waals surface area contributed by atoms with Crippen molar-refractivity contribution in [1.29, 1.82) is 0 Å². The molecule has 2 heteroatoms. The Morgan fingerprint density at radius 2 is 0.929 bits per heavy atom. The fourth-order valence-electron chi connectivity index (χ4n) is 2.44. The molecule has 0 aromatic carbocycles. The van der Waals surface area contributed by atoms with Gasteiger partial charge in [-0.1, -0.05) is 41.5 Å². The second-order valence-electron chi connectivity index (χ2n) is 5.94. The standard InChI is InChI=1S/C12H27ISi/c1-10(2)7-14(13,8-11(3)4)9-12(5)6/h10-12H,7-9H2,1-6H3. The minimum absolute atomic E-state index is 0.885. The number of halogens is 1. The van der Waals surface area contributed by atoms with E-state index in [0.29, 0.717) is 0 Å². The Hall–Kier alpha value is 0.947. The third kappa shape index (κ3) is 7.27. The van der Waals surface area contributed by atoms with Gasteiger partial charge in [-0.25, -0.2) is 0 Å². The predicted molar refractivity (Wildman–Crippen MR) is 78.7 cm³/mol. The zero-order valence-electron chi connectivity index (χ0n) is 10.7. The minimum atomic E-state index is -0.969. The van der Waals surface area contributed by atoms with E-state index < -0.39 is 5.57 Å². The molecular formula is C12H27ISi. The first kappa shape index (κ1) is 14.9. The Bertz CT molecular complexity index is 126. The van der Waals surface area contributed by atoms with Crippen molar-refractivity contribution in [2.24, 2.45) is 17.8 Å². The van der Waals surface area contributed by atoms with Crippen LogP contribution in [0.15, 0.2) is 0 Å². The van der Waals surface area contributed by atoms with E-state index in [4.69, 9.17) is 0 Å². The van der Waals surface area contributed by atoms with Crippen LogP contribution in [-0.2, 0) is 0 Å². The molecule has 0 saturated heterocycles. The monoisotopic (exact) mass is 326 g/mol. The van der Waals surface area contributed by atoms with Gasteiger partial charge in [-0.15, -0.1) is 21.8 Å². The van der Waals surface area contributed by atoms with Crippen LogP contribution in [0.25, 0.3) is 0 Å². The largest absolute Gasteiger partial charge is 0.126 e. The normalized spacial score (nSPS) is 13.3. The summed E-state index contributed by atoms with van der Waals surface area (Å²) in [4.78, 5) is 0. The van der Waals surface area contributed by atoms with Crippen molar-refractivity contribution in [3.8, 4) is 0 Å². The summed E-state index contributed by atoms with van der Waals surface area (Å²) >= 11 is 2.86. The molecule has 0 aromatic heterocycles. The van der Waals surface area contributed by atoms with Gasteiger partial charge in [0.05, 0.1) is 0 Å². The molecule has 0 fully saturated rings. The fourth-order valence-corrected chi connectivity index (χ4v) is 15.3. The quantitative estimate of drug-likeness (QED) is 0.351. The highest BCUT2D eigenvalue weighted by Gasteiger charge is 2.32. The first-order chi connectivity index (χ1) is 6.25. The van der Waals surface area contributed by atoms with Crippen LogP contribution in [-0.4, -0.2) is 5.57 Å². The summed E-state index contributed by atoms with van der Waals surface area (Å²) in [5.74, 6) is 2.66. The van der Waals surface area contributed by atoms with E-state index in [2.05, 4.69) is 63.3 Å². The molecule has 0 saturated carbocycles. The van der Waals surface area contributed by atoms with Crippen molar-refractivity contribution in [1.82, 2.24) is 0 Å². The van der Waals surface area contributed by atoms with Crippen LogP contribution in [0.5, 0.6) is 0 Å². The van der Waals surface area contributed by atoms with Crippen molar-refractivity contribution >= 4 is 27.4 Å². The average Bonchev–Trinajstić information content (AvgIpc) is 1.76. The molecule has 0 aliphatic heterocycles. The van der Waals surface area contributed by atoms with Gasteiger partial charge in [0.2, 0.25) is 0 Å². The van der Waals surface area contributed by atoms with Gasteiger partial charge in [-0.05, 0) is 35.9 Å². The second-order valence-corrected chi connectivity index (χ2v) is 16.3. The van der Waals surface area contributed by atoms with Crippen LogP contribution in [0, 0.1) is 17.8 Å². The van der Waals surface area contributed by atoms with E-state index in [1.165, 1.54) is 18.1 Å². The zero-order chi connectivity index (χ0) is 11.4. The first-order valence-electron chi connectivity index (χ1n) is 5.94. The molecule has 0 aromatic rings. The Morgan fingerprint density at radius 1 is 0.714 bits per heavy atom. The maximum Gasteiger partial charge on any atom is 0.126 e. The first-order valence-corrected chi connectivity index (χ1v) is 11.7. The van der Waals surface area contributed by atoms with E-state index in [0.717, 1.165) is 17.8 Å². The summed E-state index contributed by atoms with van der Waals surface area (Å²) in [6.45, 7) is 14.3. The fraction of sp³-hybridized carbons (Fsp3) is 1.00. The van der Waals surface area contributed by atoms with Crippen molar-refractivity contribution in [3.63, 3.8) is 0 Å². The average molecular weight is 326 g/mol. The highest BCUT2D eigenvalue weighted by Crippen LogP contribution is 2.37. The molecule has 0 aliphatic carbocycles. The van der Waals surface area contributed by atoms with Crippen molar-refractivity contribution in [2.45, 2.75) is 59.7 Å². The Kier molecular flexibility index (Phi) is 6.95. The summed E-state index contributed by atoms with van der Waals surface area (Å²) in [6.07, 6.45) is 0. The third-order valence-corrected chi connectivity index (χ3v) is 10.9. The van der Waals surface area contributed by atoms with Crippen LogP contribution in [0.4, 0.5) is 0 Å². The van der Waals surface area contributed by atoms with E-state index in [9.17, 15) is 0 Å². The van der Waals surface area contributed by atoms with Crippen LogP contribution < -0.4 is 0 Å². The zero-order valence-corrected chi connectivity index (χ0v) is 13.9. The van der Waals surface area contributed by atoms with Gasteiger partial charge >= 0.3 is 0 Å². The number of hydrogen-bond acceptors (Lipinski definition) is 0. The second kappa shape index (κ2) is 6.51. The molecule has 0 heterocycles. The Balaban J connectivity index is 4.32. The van der Waals surface area contributed by atoms with E-state index in [-0.39, 0.29) is 0 Å². The molecule has 14 heavy (non-hydrogen) atoms. The highest BCUT2D eigenvalue weighted by atomic mass is 127. The van der Waals surface area contributed by atoms with Crippen LogP contribution >= 0.6 is 21.8 Å². The van der Waals surface area contributed by atoms with Gasteiger partial charge in [0, 0.05) is 0 Å². The van der Waals surface area contributed by atoms with Gasteiger partial charge in [0.15, 0.2) is 0 Å². The smallest absolute Gasteiger partial charge is 0.119 e. The van der Waals surface area contributed by atoms with Gasteiger partial charge in [-0.3, -0.25) is 0 Å². The topological polar surface area (TPSA) is 0 Å². The van der Waals surface area contributed by atoms with E-state index in [1.807, 2.05) is 0 Å². The van der Waals surface area contributed by atoms with Crippen LogP contribution in [0.2, 0.25) is 18.1 Å². The van der Waals surface area contributed by atoms with Crippen molar-refractivity contribution in [3.05, 3.63) is 0 Å². The molecule has 0 radical (unpaired) electrons. The van der Waals surface area contributed by atoms with Crippen LogP contribution in [0.1, 0.15) is 41.5 Å². The summed E-state index contributed by atoms with van der Waals surface area (Å²) < 4.78 is 0. The lowest BCUT2D eigenvalue weighted by atomic mass is 10.3. The van der Waals surface area contributed by atoms with Crippen molar-refractivity contribution in [2.75, 3.05) is 0 Å². The summed E-state index contributed by atoms with van der Waals surface area (Å²) in [6, 6.07) is 4.51. The van der Waals surface area contributed by atoms with E-state index >= 15 is 0 Å². The van der Waals surface area contributed by atoms with Gasteiger partial charge < -0.3 is 0 Å². The Labute approximate surface area is 104 Å². The molecule has 0 nitrogen and oxygen atoms in total. The summed E-state index contributed by atoms with van der Waals surface area (Å²) in [5, 5.41) is 0. The lowest BCUT2D eigenvalue weighted by molar-refractivity contribution is 0.657. The van der Waals surface area contributed by atoms with Crippen LogP contribution in [0.3, 0.4) is 0 Å². The number of hydrogen-bond donors (Lipinski definition) is 0. The highest BCUT2D eigenvalue weighted by molar-refractivity contribution is 14.1. The molecule has 0 aliphatic rings. The lowest BCUT2D eigenvalue weighted by Gasteiger charge is -2.30. The Morgan fingerprint density at radius 3 is 1.07 bits per heavy atom. The van der Waals surface area contributed by atoms with Crippen molar-refractivity contribution < 1.29 is 0 Å². The minimum Gasteiger partial charge on any atom is -0.119 e. The molecule has 0 bridgehead atoms. The molecule has 0 spiro atoms. The predicted octanol–water partition coefficient (Wildman–Crippen LogP) is 5.33. The maximum absolute atomic E-state index is 2.86. The molecule has 0 N–H and O–H groups in total. The maximum atomic E-state index is 2.86. The van der Waals surface area contributed by atoms with Gasteiger partial charge in [0.1, 0.15) is 5.57 Å². The molecule has 0 unspecified atom stereocenters. The summed E-state index contributed by atoms with van der Waals surface area (Å²) in [7, 11) is 0. The molecule has 0 amide bonds. The molecule has 0 atom stereocenters. The molecular weight excluding hydrogens is 299 g/mol. The van der Waals surface area contributed by atoms with E-state index in [1.54, 1.807) is 0 Å². The third-order valence-electron chi connectivity index (χ3n) is 2.32. The number of rotatable bonds is 6. The summed E-state index contributed by atoms with van der Waals surface area (Å²) in [5.41, 5.74) is -0.969. The van der Waals surface area contributed by atoms with Gasteiger partial charge in [-0.2, -0.15) is 0 Å².